The number of nitrogens with zero attached hydrogens (tertiary/aromatic N) is 2. The second kappa shape index (κ2) is 4.87. The number of carbonyl (C=O) groups is 1. The predicted molar refractivity (Wildman–Crippen MR) is 74.5 cm³/mol. The molecule has 0 aliphatic carbocycles. The molecule has 2 heterocycles. The molecule has 106 valence electrons. The number of aromatic nitrogens is 2. The van der Waals surface area contributed by atoms with Gasteiger partial charge in [0.15, 0.2) is 0 Å². The number of hydrogen-bond acceptors (Lipinski definition) is 4. The minimum atomic E-state index is -0.289. The Morgan fingerprint density at radius 2 is 2.21 bits per heavy atom. The van der Waals surface area contributed by atoms with Gasteiger partial charge < -0.3 is 10.1 Å². The van der Waals surface area contributed by atoms with Crippen molar-refractivity contribution in [3.8, 4) is 0 Å². The zero-order chi connectivity index (χ0) is 14.2. The molecule has 0 bridgehead atoms. The molecule has 0 radical (unpaired) electrons. The highest BCUT2D eigenvalue weighted by Crippen LogP contribution is 2.39. The average Bonchev–Trinajstić information content (AvgIpc) is 2.63. The van der Waals surface area contributed by atoms with E-state index in [0.717, 1.165) is 24.5 Å². The highest BCUT2D eigenvalue weighted by molar-refractivity contribution is 5.96. The first-order chi connectivity index (χ1) is 8.86. The fourth-order valence-electron chi connectivity index (χ4n) is 2.64. The molecule has 5 heteroatoms. The average molecular weight is 265 g/mol. The van der Waals surface area contributed by atoms with Crippen LogP contribution in [0.5, 0.6) is 0 Å². The second-order valence-electron chi connectivity index (χ2n) is 6.07. The van der Waals surface area contributed by atoms with Crippen molar-refractivity contribution in [1.29, 1.82) is 0 Å². The number of fused-ring (bicyclic) bond motifs is 1. The Morgan fingerprint density at radius 3 is 2.79 bits per heavy atom. The minimum Gasteiger partial charge on any atom is -0.462 e. The summed E-state index contributed by atoms with van der Waals surface area (Å²) in [6.07, 6.45) is 1.01. The minimum absolute atomic E-state index is 0.112. The third kappa shape index (κ3) is 2.46. The Hall–Kier alpha value is -1.52. The summed E-state index contributed by atoms with van der Waals surface area (Å²) in [4.78, 5) is 12.0. The van der Waals surface area contributed by atoms with Crippen LogP contribution >= 0.6 is 0 Å². The molecule has 0 saturated heterocycles. The fourth-order valence-corrected chi connectivity index (χ4v) is 2.64. The third-order valence-electron chi connectivity index (χ3n) is 3.57. The molecule has 0 amide bonds. The van der Waals surface area contributed by atoms with Gasteiger partial charge in [-0.3, -0.25) is 0 Å². The van der Waals surface area contributed by atoms with E-state index >= 15 is 0 Å². The van der Waals surface area contributed by atoms with Crippen LogP contribution in [0.3, 0.4) is 0 Å². The topological polar surface area (TPSA) is 56.1 Å². The van der Waals surface area contributed by atoms with E-state index in [1.54, 1.807) is 0 Å². The van der Waals surface area contributed by atoms with Crippen molar-refractivity contribution in [3.05, 3.63) is 11.3 Å². The van der Waals surface area contributed by atoms with Gasteiger partial charge in [-0.2, -0.15) is 5.10 Å². The Kier molecular flexibility index (Phi) is 3.56. The Bertz CT molecular complexity index is 486. The molecular weight excluding hydrogens is 242 g/mol. The molecular formula is C14H23N3O2. The van der Waals surface area contributed by atoms with E-state index in [1.807, 2.05) is 18.5 Å². The van der Waals surface area contributed by atoms with Gasteiger partial charge in [0.1, 0.15) is 11.4 Å². The van der Waals surface area contributed by atoms with Crippen molar-refractivity contribution in [1.82, 2.24) is 9.78 Å². The molecule has 1 N–H and O–H groups in total. The first kappa shape index (κ1) is 13.9. The highest BCUT2D eigenvalue weighted by atomic mass is 16.5. The van der Waals surface area contributed by atoms with Gasteiger partial charge in [0.2, 0.25) is 0 Å². The maximum absolute atomic E-state index is 12.0. The summed E-state index contributed by atoms with van der Waals surface area (Å²) in [7, 11) is 0. The lowest BCUT2D eigenvalue weighted by Gasteiger charge is -2.35. The molecule has 1 aliphatic heterocycles. The zero-order valence-electron chi connectivity index (χ0n) is 12.4. The Balaban J connectivity index is 2.46. The normalized spacial score (nSPS) is 18.7. The zero-order valence-corrected chi connectivity index (χ0v) is 12.4. The third-order valence-corrected chi connectivity index (χ3v) is 3.57. The number of hydrogen-bond donors (Lipinski definition) is 1. The first-order valence-corrected chi connectivity index (χ1v) is 6.86. The van der Waals surface area contributed by atoms with Crippen molar-refractivity contribution < 1.29 is 9.53 Å². The van der Waals surface area contributed by atoms with E-state index < -0.39 is 0 Å². The van der Waals surface area contributed by atoms with E-state index in [9.17, 15) is 4.79 Å². The molecule has 1 aliphatic rings. The summed E-state index contributed by atoms with van der Waals surface area (Å²) in [5.41, 5.74) is 1.43. The molecule has 0 saturated carbocycles. The number of ether oxygens (including phenoxy) is 1. The van der Waals surface area contributed by atoms with E-state index in [2.05, 4.69) is 31.2 Å². The maximum atomic E-state index is 12.0. The van der Waals surface area contributed by atoms with Crippen LogP contribution in [0.4, 0.5) is 5.82 Å². The van der Waals surface area contributed by atoms with Crippen molar-refractivity contribution >= 4 is 11.8 Å². The van der Waals surface area contributed by atoms with Gasteiger partial charge in [0, 0.05) is 6.54 Å². The number of carbonyl (C=O) groups excluding carboxylic acids is 1. The lowest BCUT2D eigenvalue weighted by Crippen LogP contribution is -2.32. The number of nitrogens with one attached hydrogen (secondary N) is 1. The van der Waals surface area contributed by atoms with E-state index in [0.29, 0.717) is 18.2 Å². The molecule has 19 heavy (non-hydrogen) atoms. The molecule has 2 rings (SSSR count). The smallest absolute Gasteiger partial charge is 0.343 e. The van der Waals surface area contributed by atoms with Gasteiger partial charge in [-0.25, -0.2) is 9.48 Å². The van der Waals surface area contributed by atoms with Gasteiger partial charge in [-0.05, 0) is 25.7 Å². The summed E-state index contributed by atoms with van der Waals surface area (Å²) in [6, 6.07) is 0.297. The van der Waals surface area contributed by atoms with E-state index in [1.165, 1.54) is 0 Å². The SMILES string of the molecule is CCOC(=O)c1c(C)nn2c1NCCC2C(C)(C)C. The fraction of sp³-hybridized carbons (Fsp3) is 0.714. The second-order valence-corrected chi connectivity index (χ2v) is 6.07. The van der Waals surface area contributed by atoms with Crippen LogP contribution in [0, 0.1) is 12.3 Å². The van der Waals surface area contributed by atoms with Gasteiger partial charge >= 0.3 is 5.97 Å². The standard InChI is InChI=1S/C14H23N3O2/c1-6-19-13(18)11-9(2)16-17-10(14(3,4)5)7-8-15-12(11)17/h10,15H,6-8H2,1-5H3. The van der Waals surface area contributed by atoms with Crippen molar-refractivity contribution in [2.24, 2.45) is 5.41 Å². The molecule has 1 atom stereocenters. The van der Waals surface area contributed by atoms with Crippen molar-refractivity contribution in [2.45, 2.75) is 47.1 Å². The van der Waals surface area contributed by atoms with Crippen LogP contribution in [-0.2, 0) is 4.74 Å². The lowest BCUT2D eigenvalue weighted by molar-refractivity contribution is 0.0526. The largest absolute Gasteiger partial charge is 0.462 e. The van der Waals surface area contributed by atoms with Crippen LogP contribution in [0.1, 0.15) is 56.2 Å². The Labute approximate surface area is 114 Å². The molecule has 1 aromatic rings. The molecule has 0 fully saturated rings. The summed E-state index contributed by atoms with van der Waals surface area (Å²) >= 11 is 0. The number of aryl methyl sites for hydroxylation is 1. The van der Waals surface area contributed by atoms with E-state index in [4.69, 9.17) is 4.74 Å². The molecule has 0 spiro atoms. The van der Waals surface area contributed by atoms with Gasteiger partial charge in [-0.1, -0.05) is 20.8 Å². The molecule has 0 aromatic carbocycles. The van der Waals surface area contributed by atoms with Gasteiger partial charge in [-0.15, -0.1) is 0 Å². The lowest BCUT2D eigenvalue weighted by atomic mass is 9.84. The van der Waals surface area contributed by atoms with Crippen LogP contribution < -0.4 is 5.32 Å². The predicted octanol–water partition coefficient (Wildman–Crippen LogP) is 2.77. The number of rotatable bonds is 2. The summed E-state index contributed by atoms with van der Waals surface area (Å²) in [5, 5.41) is 7.85. The quantitative estimate of drug-likeness (QED) is 0.835. The molecule has 5 nitrogen and oxygen atoms in total. The summed E-state index contributed by atoms with van der Waals surface area (Å²) in [6.45, 7) is 11.5. The van der Waals surface area contributed by atoms with Crippen LogP contribution in [0.15, 0.2) is 0 Å². The van der Waals surface area contributed by atoms with Crippen LogP contribution in [0.25, 0.3) is 0 Å². The Morgan fingerprint density at radius 1 is 1.53 bits per heavy atom. The first-order valence-electron chi connectivity index (χ1n) is 6.86. The van der Waals surface area contributed by atoms with Crippen molar-refractivity contribution in [2.75, 3.05) is 18.5 Å². The van der Waals surface area contributed by atoms with Crippen LogP contribution in [-0.4, -0.2) is 28.9 Å². The van der Waals surface area contributed by atoms with Gasteiger partial charge in [0.05, 0.1) is 18.3 Å². The summed E-state index contributed by atoms with van der Waals surface area (Å²) in [5.74, 6) is 0.519. The van der Waals surface area contributed by atoms with Gasteiger partial charge in [0.25, 0.3) is 0 Å². The number of esters is 1. The van der Waals surface area contributed by atoms with Crippen molar-refractivity contribution in [3.63, 3.8) is 0 Å². The highest BCUT2D eigenvalue weighted by Gasteiger charge is 2.35. The molecule has 1 aromatic heterocycles. The number of anilines is 1. The van der Waals surface area contributed by atoms with Crippen LogP contribution in [0.2, 0.25) is 0 Å². The maximum Gasteiger partial charge on any atom is 0.343 e. The van der Waals surface area contributed by atoms with E-state index in [-0.39, 0.29) is 11.4 Å². The summed E-state index contributed by atoms with van der Waals surface area (Å²) < 4.78 is 7.09. The molecule has 1 unspecified atom stereocenters. The monoisotopic (exact) mass is 265 g/mol.